The number of aromatic nitrogens is 1. The molecule has 13 heteroatoms. The first-order chi connectivity index (χ1) is 19.3. The number of hydrogen-bond donors (Lipinski definition) is 0. The van der Waals surface area contributed by atoms with Gasteiger partial charge in [-0.3, -0.25) is 19.5 Å². The molecule has 0 radical (unpaired) electrons. The van der Waals surface area contributed by atoms with Gasteiger partial charge in [-0.05, 0) is 43.7 Å². The highest BCUT2D eigenvalue weighted by atomic mass is 32.1. The minimum atomic E-state index is -0.902. The van der Waals surface area contributed by atoms with Crippen molar-refractivity contribution in [3.63, 3.8) is 0 Å². The molecular formula is C27H27N3O9S. The molecule has 3 aromatic rings. The fourth-order valence-electron chi connectivity index (χ4n) is 4.29. The van der Waals surface area contributed by atoms with Gasteiger partial charge in [0.05, 0.1) is 67.2 Å². The highest BCUT2D eigenvalue weighted by molar-refractivity contribution is 7.07. The maximum Gasteiger partial charge on any atom is 0.337 e. The number of esters is 1. The van der Waals surface area contributed by atoms with E-state index in [1.165, 1.54) is 50.3 Å². The molecule has 1 aliphatic heterocycles. The topological polar surface area (TPSA) is 141 Å². The minimum Gasteiger partial charge on any atom is -0.493 e. The van der Waals surface area contributed by atoms with Gasteiger partial charge in [0, 0.05) is 6.20 Å². The van der Waals surface area contributed by atoms with E-state index in [4.69, 9.17) is 23.7 Å². The molecule has 1 aliphatic rings. The van der Waals surface area contributed by atoms with E-state index in [2.05, 4.69) is 4.99 Å². The van der Waals surface area contributed by atoms with Crippen molar-refractivity contribution in [2.75, 3.05) is 34.5 Å². The quantitative estimate of drug-likeness (QED) is 0.205. The summed E-state index contributed by atoms with van der Waals surface area (Å²) in [6.45, 7) is 4.47. The fourth-order valence-corrected chi connectivity index (χ4v) is 5.25. The lowest BCUT2D eigenvalue weighted by molar-refractivity contribution is -0.385. The van der Waals surface area contributed by atoms with E-state index in [0.29, 0.717) is 35.1 Å². The van der Waals surface area contributed by atoms with Crippen molar-refractivity contribution in [1.29, 1.82) is 0 Å². The molecule has 0 aliphatic carbocycles. The molecule has 0 bridgehead atoms. The third-order valence-electron chi connectivity index (χ3n) is 6.02. The third kappa shape index (κ3) is 5.27. The maximum absolute atomic E-state index is 13.8. The lowest BCUT2D eigenvalue weighted by Crippen LogP contribution is -2.39. The van der Waals surface area contributed by atoms with Crippen LogP contribution in [0.5, 0.6) is 23.0 Å². The molecule has 2 heterocycles. The van der Waals surface area contributed by atoms with Crippen LogP contribution in [-0.4, -0.2) is 50.0 Å². The van der Waals surface area contributed by atoms with Crippen LogP contribution in [0.15, 0.2) is 51.9 Å². The Hall–Kier alpha value is -4.65. The van der Waals surface area contributed by atoms with E-state index in [9.17, 15) is 19.7 Å². The van der Waals surface area contributed by atoms with Crippen LogP contribution in [0.2, 0.25) is 0 Å². The summed E-state index contributed by atoms with van der Waals surface area (Å²) < 4.78 is 28.4. The summed E-state index contributed by atoms with van der Waals surface area (Å²) >= 11 is 1.03. The zero-order valence-electron chi connectivity index (χ0n) is 22.5. The summed E-state index contributed by atoms with van der Waals surface area (Å²) in [5.74, 6) is 0.744. The first-order valence-corrected chi connectivity index (χ1v) is 13.0. The maximum atomic E-state index is 13.8. The van der Waals surface area contributed by atoms with Crippen molar-refractivity contribution < 1.29 is 33.4 Å². The van der Waals surface area contributed by atoms with Crippen molar-refractivity contribution in [1.82, 2.24) is 4.57 Å². The van der Waals surface area contributed by atoms with E-state index in [1.54, 1.807) is 18.2 Å². The summed E-state index contributed by atoms with van der Waals surface area (Å²) in [4.78, 5) is 42.5. The number of ether oxygens (including phenoxy) is 5. The summed E-state index contributed by atoms with van der Waals surface area (Å²) in [6, 6.07) is 6.90. The SMILES string of the molecule is CCOc1ccc([C@H]2C(C(=O)OC)=CN=c3s/c(=C\c4cc(OC)c(OC)cc4[N+](=O)[O-])c(=O)n32)cc1OCC. The van der Waals surface area contributed by atoms with Crippen LogP contribution in [0.4, 0.5) is 5.69 Å². The van der Waals surface area contributed by atoms with Crippen molar-refractivity contribution in [2.24, 2.45) is 4.99 Å². The standard InChI is InChI=1S/C27H27N3O9S/c1-6-38-19-9-8-15(10-22(19)39-7-2)24-17(26(32)37-5)14-28-27-29(24)25(31)23(40-27)12-16-11-20(35-3)21(36-4)13-18(16)30(33)34/h8-14,24H,6-7H2,1-5H3/b23-12-/t24-/m0/s1. The number of carbonyl (C=O) groups is 1. The second kappa shape index (κ2) is 12.0. The minimum absolute atomic E-state index is 0.130. The second-order valence-corrected chi connectivity index (χ2v) is 9.28. The number of nitro benzene ring substituents is 1. The van der Waals surface area contributed by atoms with E-state index < -0.39 is 22.5 Å². The van der Waals surface area contributed by atoms with Crippen LogP contribution in [0.1, 0.15) is 31.0 Å². The fraction of sp³-hybridized carbons (Fsp3) is 0.296. The molecule has 0 saturated carbocycles. The Balaban J connectivity index is 1.95. The van der Waals surface area contributed by atoms with Gasteiger partial charge in [-0.1, -0.05) is 17.4 Å². The molecule has 0 N–H and O–H groups in total. The molecule has 0 amide bonds. The van der Waals surface area contributed by atoms with Gasteiger partial charge >= 0.3 is 5.97 Å². The zero-order chi connectivity index (χ0) is 29.0. The summed E-state index contributed by atoms with van der Waals surface area (Å²) in [7, 11) is 4.02. The Morgan fingerprint density at radius 1 is 1.05 bits per heavy atom. The summed E-state index contributed by atoms with van der Waals surface area (Å²) in [5, 5.41) is 11.8. The molecule has 1 aromatic heterocycles. The Labute approximate surface area is 232 Å². The number of thiazole rings is 1. The van der Waals surface area contributed by atoms with Gasteiger partial charge in [-0.15, -0.1) is 0 Å². The molecule has 1 atom stereocenters. The van der Waals surface area contributed by atoms with Crippen molar-refractivity contribution in [3.05, 3.63) is 83.0 Å². The molecule has 2 aromatic carbocycles. The zero-order valence-corrected chi connectivity index (χ0v) is 23.3. The normalized spacial score (nSPS) is 14.5. The number of rotatable bonds is 10. The molecule has 12 nitrogen and oxygen atoms in total. The van der Waals surface area contributed by atoms with Crippen LogP contribution < -0.4 is 33.8 Å². The first-order valence-electron chi connectivity index (χ1n) is 12.2. The smallest absolute Gasteiger partial charge is 0.337 e. The van der Waals surface area contributed by atoms with Gasteiger partial charge < -0.3 is 23.7 Å². The van der Waals surface area contributed by atoms with Crippen molar-refractivity contribution in [3.8, 4) is 23.0 Å². The molecule has 210 valence electrons. The predicted octanol–water partition coefficient (Wildman–Crippen LogP) is 2.74. The number of hydrogen-bond acceptors (Lipinski definition) is 11. The van der Waals surface area contributed by atoms with Gasteiger partial charge in [0.1, 0.15) is 0 Å². The number of fused-ring (bicyclic) bond motifs is 1. The van der Waals surface area contributed by atoms with Gasteiger partial charge in [0.15, 0.2) is 27.8 Å². The Kier molecular flexibility index (Phi) is 8.53. The Morgan fingerprint density at radius 3 is 2.35 bits per heavy atom. The molecule has 40 heavy (non-hydrogen) atoms. The molecule has 0 spiro atoms. The Morgan fingerprint density at radius 2 is 1.73 bits per heavy atom. The van der Waals surface area contributed by atoms with Gasteiger partial charge in [-0.25, -0.2) is 9.79 Å². The largest absolute Gasteiger partial charge is 0.493 e. The number of benzene rings is 2. The summed E-state index contributed by atoms with van der Waals surface area (Å²) in [6.07, 6.45) is 2.76. The van der Waals surface area contributed by atoms with Crippen LogP contribution in [0, 0.1) is 10.1 Å². The molecule has 0 fully saturated rings. The first kappa shape index (κ1) is 28.4. The van der Waals surface area contributed by atoms with Crippen LogP contribution in [0.3, 0.4) is 0 Å². The van der Waals surface area contributed by atoms with E-state index in [1.807, 2.05) is 13.8 Å². The van der Waals surface area contributed by atoms with E-state index in [0.717, 1.165) is 11.3 Å². The van der Waals surface area contributed by atoms with E-state index >= 15 is 0 Å². The van der Waals surface area contributed by atoms with Gasteiger partial charge in [0.2, 0.25) is 0 Å². The highest BCUT2D eigenvalue weighted by Gasteiger charge is 2.31. The monoisotopic (exact) mass is 569 g/mol. The summed E-state index contributed by atoms with van der Waals surface area (Å²) in [5.41, 5.74) is 0.0482. The average molecular weight is 570 g/mol. The number of carbonyl (C=O) groups excluding carboxylic acids is 1. The van der Waals surface area contributed by atoms with Crippen molar-refractivity contribution in [2.45, 2.75) is 19.9 Å². The average Bonchev–Trinajstić information content (AvgIpc) is 3.27. The number of nitrogens with zero attached hydrogens (tertiary/aromatic N) is 3. The van der Waals surface area contributed by atoms with Gasteiger partial charge in [0.25, 0.3) is 11.2 Å². The molecule has 4 rings (SSSR count). The molecular weight excluding hydrogens is 542 g/mol. The van der Waals surface area contributed by atoms with E-state index in [-0.39, 0.29) is 32.9 Å². The van der Waals surface area contributed by atoms with Crippen molar-refractivity contribution >= 4 is 29.1 Å². The van der Waals surface area contributed by atoms with Crippen LogP contribution >= 0.6 is 11.3 Å². The lowest BCUT2D eigenvalue weighted by Gasteiger charge is -2.23. The third-order valence-corrected chi connectivity index (χ3v) is 7.02. The number of nitro groups is 1. The second-order valence-electron chi connectivity index (χ2n) is 8.27. The van der Waals surface area contributed by atoms with Crippen LogP contribution in [-0.2, 0) is 9.53 Å². The lowest BCUT2D eigenvalue weighted by atomic mass is 9.97. The van der Waals surface area contributed by atoms with Gasteiger partial charge in [-0.2, -0.15) is 0 Å². The molecule has 0 unspecified atom stereocenters. The molecule has 0 saturated heterocycles. The number of methoxy groups -OCH3 is 3. The van der Waals surface area contributed by atoms with Crippen LogP contribution in [0.25, 0.3) is 6.08 Å². The highest BCUT2D eigenvalue weighted by Crippen LogP contribution is 2.36. The predicted molar refractivity (Wildman–Crippen MR) is 146 cm³/mol. The Bertz CT molecular complexity index is 1670.